The summed E-state index contributed by atoms with van der Waals surface area (Å²) in [6, 6.07) is 13.0. The number of likely N-dealkylation sites (tertiary alicyclic amines) is 2. The molecule has 2 aromatic carbocycles. The zero-order valence-electron chi connectivity index (χ0n) is 22.7. The smallest absolute Gasteiger partial charge is 0.413 e. The number of ether oxygens (including phenoxy) is 2. The average Bonchev–Trinajstić information content (AvgIpc) is 3.43. The van der Waals surface area contributed by atoms with E-state index in [9.17, 15) is 14.0 Å². The van der Waals surface area contributed by atoms with Gasteiger partial charge in [0.15, 0.2) is 5.72 Å². The number of amides is 2. The number of nitrogens with zero attached hydrogens (tertiary/aromatic N) is 2. The molecule has 0 aromatic heterocycles. The van der Waals surface area contributed by atoms with Crippen molar-refractivity contribution >= 4 is 12.0 Å². The molecule has 2 saturated heterocycles. The van der Waals surface area contributed by atoms with Gasteiger partial charge in [-0.3, -0.25) is 9.69 Å². The molecule has 8 heteroatoms. The van der Waals surface area contributed by atoms with Crippen LogP contribution >= 0.6 is 0 Å². The molecule has 38 heavy (non-hydrogen) atoms. The Morgan fingerprint density at radius 2 is 1.76 bits per heavy atom. The second kappa shape index (κ2) is 12.2. The fourth-order valence-corrected chi connectivity index (χ4v) is 5.78. The van der Waals surface area contributed by atoms with Crippen LogP contribution in [-0.2, 0) is 9.53 Å². The molecule has 2 aromatic rings. The van der Waals surface area contributed by atoms with Crippen LogP contribution in [0, 0.1) is 11.7 Å². The van der Waals surface area contributed by atoms with Gasteiger partial charge in [0.2, 0.25) is 5.91 Å². The maximum atomic E-state index is 13.8. The van der Waals surface area contributed by atoms with Gasteiger partial charge < -0.3 is 20.1 Å². The number of hydrogen-bond acceptors (Lipinski definition) is 5. The Hall–Kier alpha value is -3.13. The summed E-state index contributed by atoms with van der Waals surface area (Å²) in [7, 11) is 0. The first-order chi connectivity index (χ1) is 18.2. The van der Waals surface area contributed by atoms with E-state index in [-0.39, 0.29) is 30.2 Å². The monoisotopic (exact) mass is 525 g/mol. The van der Waals surface area contributed by atoms with Gasteiger partial charge in [0.05, 0.1) is 12.1 Å². The second-order valence-corrected chi connectivity index (χ2v) is 10.7. The van der Waals surface area contributed by atoms with Crippen LogP contribution in [0.4, 0.5) is 9.18 Å². The van der Waals surface area contributed by atoms with Crippen LogP contribution in [0.2, 0.25) is 0 Å². The molecule has 0 radical (unpaired) electrons. The van der Waals surface area contributed by atoms with Crippen molar-refractivity contribution in [3.05, 3.63) is 54.3 Å². The van der Waals surface area contributed by atoms with Gasteiger partial charge in [-0.2, -0.15) is 0 Å². The summed E-state index contributed by atoms with van der Waals surface area (Å²) in [5.41, 5.74) is 7.04. The molecular weight excluding hydrogens is 485 g/mol. The molecule has 0 spiro atoms. The third kappa shape index (κ3) is 6.12. The number of carbonyl (C=O) groups is 2. The zero-order valence-corrected chi connectivity index (χ0v) is 22.7. The predicted octanol–water partition coefficient (Wildman–Crippen LogP) is 5.57. The molecule has 7 nitrogen and oxygen atoms in total. The lowest BCUT2D eigenvalue weighted by Gasteiger charge is -2.51. The van der Waals surface area contributed by atoms with E-state index in [1.54, 1.807) is 11.0 Å². The molecule has 3 atom stereocenters. The lowest BCUT2D eigenvalue weighted by molar-refractivity contribution is -0.155. The number of carbonyl (C=O) groups excluding carboxylic acids is 2. The fraction of sp³-hybridized carbons (Fsp3) is 0.533. The lowest BCUT2D eigenvalue weighted by atomic mass is 9.79. The molecule has 2 heterocycles. The SMILES string of the molecule is CCC1CCCN(C(=O)OC(C)C)C1(C[C@H](N)C(=O)N1CCCC1)Oc1ccc(-c2cccc(F)c2)cc1. The van der Waals surface area contributed by atoms with Crippen molar-refractivity contribution in [2.24, 2.45) is 11.7 Å². The highest BCUT2D eigenvalue weighted by molar-refractivity contribution is 5.82. The molecule has 2 aliphatic rings. The fourth-order valence-electron chi connectivity index (χ4n) is 5.78. The van der Waals surface area contributed by atoms with Crippen molar-refractivity contribution < 1.29 is 23.5 Å². The highest BCUT2D eigenvalue weighted by Crippen LogP contribution is 2.42. The van der Waals surface area contributed by atoms with Gasteiger partial charge in [-0.25, -0.2) is 9.18 Å². The Labute approximate surface area is 225 Å². The molecule has 0 bridgehead atoms. The Morgan fingerprint density at radius 3 is 2.39 bits per heavy atom. The number of benzene rings is 2. The minimum Gasteiger partial charge on any atom is -0.467 e. The van der Waals surface area contributed by atoms with Crippen LogP contribution < -0.4 is 10.5 Å². The summed E-state index contributed by atoms with van der Waals surface area (Å²) in [6.07, 6.45) is 3.75. The predicted molar refractivity (Wildman–Crippen MR) is 145 cm³/mol. The minimum atomic E-state index is -1.14. The molecule has 0 saturated carbocycles. The van der Waals surface area contributed by atoms with Crippen LogP contribution in [0.1, 0.15) is 59.3 Å². The van der Waals surface area contributed by atoms with E-state index >= 15 is 0 Å². The van der Waals surface area contributed by atoms with Gasteiger partial charge in [-0.1, -0.05) is 31.2 Å². The number of piperidine rings is 1. The third-order valence-corrected chi connectivity index (χ3v) is 7.63. The highest BCUT2D eigenvalue weighted by Gasteiger charge is 2.52. The average molecular weight is 526 g/mol. The number of nitrogens with two attached hydrogens (primary N) is 1. The number of halogens is 1. The molecule has 2 N–H and O–H groups in total. The minimum absolute atomic E-state index is 0.0451. The van der Waals surface area contributed by atoms with E-state index in [0.29, 0.717) is 25.4 Å². The van der Waals surface area contributed by atoms with Gasteiger partial charge in [0.1, 0.15) is 11.6 Å². The van der Waals surface area contributed by atoms with E-state index < -0.39 is 17.9 Å². The molecule has 206 valence electrons. The van der Waals surface area contributed by atoms with Crippen molar-refractivity contribution in [1.29, 1.82) is 0 Å². The quantitative estimate of drug-likeness (QED) is 0.487. The van der Waals surface area contributed by atoms with Gasteiger partial charge in [0.25, 0.3) is 0 Å². The highest BCUT2D eigenvalue weighted by atomic mass is 19.1. The number of rotatable bonds is 8. The largest absolute Gasteiger partial charge is 0.467 e. The maximum absolute atomic E-state index is 13.8. The summed E-state index contributed by atoms with van der Waals surface area (Å²) in [6.45, 7) is 7.57. The number of hydrogen-bond donors (Lipinski definition) is 1. The molecule has 2 aliphatic heterocycles. The van der Waals surface area contributed by atoms with Crippen molar-refractivity contribution in [1.82, 2.24) is 9.80 Å². The van der Waals surface area contributed by atoms with Crippen LogP contribution in [-0.4, -0.2) is 59.3 Å². The van der Waals surface area contributed by atoms with Crippen LogP contribution in [0.25, 0.3) is 11.1 Å². The Bertz CT molecular complexity index is 1100. The Kier molecular flexibility index (Phi) is 8.92. The van der Waals surface area contributed by atoms with Crippen molar-refractivity contribution in [3.63, 3.8) is 0 Å². The van der Waals surface area contributed by atoms with E-state index in [0.717, 1.165) is 43.2 Å². The first-order valence-corrected chi connectivity index (χ1v) is 13.8. The molecule has 2 unspecified atom stereocenters. The summed E-state index contributed by atoms with van der Waals surface area (Å²) in [4.78, 5) is 30.1. The van der Waals surface area contributed by atoms with E-state index in [1.807, 2.05) is 49.1 Å². The van der Waals surface area contributed by atoms with Crippen molar-refractivity contribution in [3.8, 4) is 16.9 Å². The molecular formula is C30H40FN3O4. The summed E-state index contributed by atoms with van der Waals surface area (Å²) < 4.78 is 26.2. The Morgan fingerprint density at radius 1 is 1.05 bits per heavy atom. The van der Waals surface area contributed by atoms with E-state index in [2.05, 4.69) is 6.92 Å². The zero-order chi connectivity index (χ0) is 27.3. The van der Waals surface area contributed by atoms with Gasteiger partial charge in [-0.05, 0) is 81.3 Å². The normalized spacial score (nSPS) is 22.4. The van der Waals surface area contributed by atoms with Gasteiger partial charge in [0, 0.05) is 32.0 Å². The van der Waals surface area contributed by atoms with Crippen LogP contribution in [0.15, 0.2) is 48.5 Å². The van der Waals surface area contributed by atoms with Gasteiger partial charge in [-0.15, -0.1) is 0 Å². The second-order valence-electron chi connectivity index (χ2n) is 10.7. The maximum Gasteiger partial charge on any atom is 0.413 e. The Balaban J connectivity index is 1.69. The van der Waals surface area contributed by atoms with E-state index in [4.69, 9.17) is 15.2 Å². The van der Waals surface area contributed by atoms with Crippen LogP contribution in [0.5, 0.6) is 5.75 Å². The van der Waals surface area contributed by atoms with Crippen molar-refractivity contribution in [2.75, 3.05) is 19.6 Å². The lowest BCUT2D eigenvalue weighted by Crippen LogP contribution is -2.66. The molecule has 2 fully saturated rings. The summed E-state index contributed by atoms with van der Waals surface area (Å²) in [5, 5.41) is 0. The molecule has 4 rings (SSSR count). The van der Waals surface area contributed by atoms with Crippen LogP contribution in [0.3, 0.4) is 0 Å². The topological polar surface area (TPSA) is 85.1 Å². The van der Waals surface area contributed by atoms with Gasteiger partial charge >= 0.3 is 6.09 Å². The first kappa shape index (κ1) is 27.9. The first-order valence-electron chi connectivity index (χ1n) is 13.8. The molecule has 2 amide bonds. The molecule has 0 aliphatic carbocycles. The van der Waals surface area contributed by atoms with E-state index in [1.165, 1.54) is 12.1 Å². The summed E-state index contributed by atoms with van der Waals surface area (Å²) in [5.74, 6) is 0.0974. The standard InChI is InChI=1S/C30H40FN3O4/c1-4-24-10-8-18-34(29(36)37-21(2)3)30(24,20-27(32)28(35)33-16-5-6-17-33)38-26-14-12-22(13-15-26)23-9-7-11-25(31)19-23/h7,9,11-15,19,21,24,27H,4-6,8,10,16-18,20,32H2,1-3H3/t24?,27-,30?/m0/s1. The van der Waals surface area contributed by atoms with Crippen molar-refractivity contribution in [2.45, 2.75) is 77.2 Å². The third-order valence-electron chi connectivity index (χ3n) is 7.63. The summed E-state index contributed by atoms with van der Waals surface area (Å²) >= 11 is 0.